The number of carbonyl (C=O) groups excluding carboxylic acids is 7. The van der Waals surface area contributed by atoms with Gasteiger partial charge in [-0.25, -0.2) is 4.79 Å². The van der Waals surface area contributed by atoms with Crippen LogP contribution < -0.4 is 16.0 Å². The lowest BCUT2D eigenvalue weighted by Gasteiger charge is -2.41. The maximum Gasteiger partial charge on any atom is 0.332 e. The second kappa shape index (κ2) is 32.2. The van der Waals surface area contributed by atoms with Crippen molar-refractivity contribution in [3.63, 3.8) is 0 Å². The minimum Gasteiger partial charge on any atom is -0.464 e. The number of esters is 2. The molecule has 2 aliphatic rings. The number of nitrogens with one attached hydrogen (secondary N) is 3. The molecule has 432 valence electrons. The first-order chi connectivity index (χ1) is 36.1. The number of hydrogen-bond donors (Lipinski definition) is 4. The molecule has 12 atom stereocenters. The van der Waals surface area contributed by atoms with Gasteiger partial charge >= 0.3 is 11.9 Å². The summed E-state index contributed by atoms with van der Waals surface area (Å²) in [6, 6.07) is 7.18. The van der Waals surface area contributed by atoms with Crippen LogP contribution in [-0.2, 0) is 62.0 Å². The predicted octanol–water partition coefficient (Wildman–Crippen LogP) is 4.20. The van der Waals surface area contributed by atoms with Gasteiger partial charge in [-0.05, 0) is 75.9 Å². The highest BCUT2D eigenvalue weighted by molar-refractivity contribution is 5.94. The zero-order valence-corrected chi connectivity index (χ0v) is 48.1. The summed E-state index contributed by atoms with van der Waals surface area (Å²) in [6.07, 6.45) is 0.718. The van der Waals surface area contributed by atoms with E-state index in [1.165, 1.54) is 21.3 Å². The molecule has 0 bridgehead atoms. The van der Waals surface area contributed by atoms with Crippen molar-refractivity contribution in [2.75, 3.05) is 75.4 Å². The molecule has 1 saturated carbocycles. The molecule has 1 aliphatic carbocycles. The Kier molecular flexibility index (Phi) is 27.8. The number of hydrogen-bond acceptors (Lipinski definition) is 15. The molecule has 0 radical (unpaired) electrons. The standard InChI is InChI=1S/C56H94N6O14/c1-15-37(7)50(61(11)54(69)48(35(3)4)58-53(68)49(36(5)6)60(9)10)43(71-12)31-45(65)62-29-21-25-42(62)51(73-14)38(8)52(67)59-56(32-41(56)39-23-18-17-19-24-39)55(70)74-30-22-28-57-44(64)26-20-27-46(66)75-34-47(72-13)76-40(16-2)33-63/h17-19,23-24,35-38,40-43,47-51,63H,15-16,20-22,25-34H2,1-14H3,(H,57,64)(H,58,68)(H,59,67)/t37-,38+,40?,41-,42-,43+,47?,48-,49-,50-,51+,56?/m0/s1. The van der Waals surface area contributed by atoms with Crippen molar-refractivity contribution in [1.82, 2.24) is 30.7 Å². The molecule has 1 saturated heterocycles. The van der Waals surface area contributed by atoms with Crippen LogP contribution in [0.15, 0.2) is 30.3 Å². The van der Waals surface area contributed by atoms with E-state index in [9.17, 15) is 38.7 Å². The zero-order valence-electron chi connectivity index (χ0n) is 48.1. The van der Waals surface area contributed by atoms with Crippen LogP contribution in [0.3, 0.4) is 0 Å². The highest BCUT2D eigenvalue weighted by Crippen LogP contribution is 2.52. The Morgan fingerprint density at radius 3 is 2.09 bits per heavy atom. The molecular weight excluding hydrogens is 981 g/mol. The molecule has 2 fully saturated rings. The van der Waals surface area contributed by atoms with Gasteiger partial charge in [0.1, 0.15) is 18.2 Å². The summed E-state index contributed by atoms with van der Waals surface area (Å²) in [4.78, 5) is 101. The number of carbonyl (C=O) groups is 7. The average Bonchev–Trinajstić information content (AvgIpc) is 3.93. The second-order valence-corrected chi connectivity index (χ2v) is 21.5. The van der Waals surface area contributed by atoms with Gasteiger partial charge in [-0.1, -0.05) is 92.1 Å². The molecule has 20 heteroatoms. The highest BCUT2D eigenvalue weighted by atomic mass is 16.7. The van der Waals surface area contributed by atoms with Gasteiger partial charge < -0.3 is 59.3 Å². The van der Waals surface area contributed by atoms with E-state index in [-0.39, 0.29) is 99.3 Å². The largest absolute Gasteiger partial charge is 0.464 e. The number of methoxy groups -OCH3 is 3. The number of amides is 5. The van der Waals surface area contributed by atoms with Gasteiger partial charge in [0.25, 0.3) is 0 Å². The Balaban J connectivity index is 1.65. The topological polar surface area (TPSA) is 241 Å². The molecule has 3 rings (SSSR count). The first-order valence-electron chi connectivity index (χ1n) is 27.4. The molecule has 1 heterocycles. The Labute approximate surface area is 452 Å². The maximum absolute atomic E-state index is 14.5. The molecule has 4 N–H and O–H groups in total. The van der Waals surface area contributed by atoms with Crippen LogP contribution in [0.4, 0.5) is 0 Å². The van der Waals surface area contributed by atoms with Gasteiger partial charge in [-0.15, -0.1) is 0 Å². The highest BCUT2D eigenvalue weighted by Gasteiger charge is 2.63. The molecule has 5 amide bonds. The zero-order chi connectivity index (χ0) is 56.9. The van der Waals surface area contributed by atoms with Gasteiger partial charge in [-0.3, -0.25) is 33.7 Å². The fraction of sp³-hybridized carbons (Fsp3) is 0.768. The van der Waals surface area contributed by atoms with E-state index >= 15 is 0 Å². The lowest BCUT2D eigenvalue weighted by Crippen LogP contribution is -2.59. The van der Waals surface area contributed by atoms with Gasteiger partial charge in [0.2, 0.25) is 29.5 Å². The third-order valence-corrected chi connectivity index (χ3v) is 15.1. The van der Waals surface area contributed by atoms with E-state index in [0.717, 1.165) is 5.56 Å². The van der Waals surface area contributed by atoms with E-state index in [0.29, 0.717) is 45.1 Å². The van der Waals surface area contributed by atoms with Crippen molar-refractivity contribution in [3.05, 3.63) is 35.9 Å². The fourth-order valence-corrected chi connectivity index (χ4v) is 10.5. The van der Waals surface area contributed by atoms with Crippen molar-refractivity contribution in [2.45, 2.75) is 180 Å². The van der Waals surface area contributed by atoms with Gasteiger partial charge in [0, 0.05) is 60.2 Å². The van der Waals surface area contributed by atoms with Crippen molar-refractivity contribution in [1.29, 1.82) is 0 Å². The molecule has 1 aliphatic heterocycles. The maximum atomic E-state index is 14.5. The number of aliphatic hydroxyl groups excluding tert-OH is 1. The van der Waals surface area contributed by atoms with Crippen molar-refractivity contribution in [3.8, 4) is 0 Å². The summed E-state index contributed by atoms with van der Waals surface area (Å²) in [5.74, 6) is -3.97. The lowest BCUT2D eigenvalue weighted by atomic mass is 9.89. The number of likely N-dealkylation sites (tertiary alicyclic amines) is 1. The third kappa shape index (κ3) is 18.5. The van der Waals surface area contributed by atoms with Gasteiger partial charge in [-0.2, -0.15) is 0 Å². The molecule has 76 heavy (non-hydrogen) atoms. The molecule has 0 spiro atoms. The molecular formula is C56H94N6O14. The summed E-state index contributed by atoms with van der Waals surface area (Å²) < 4.78 is 33.8. The van der Waals surface area contributed by atoms with E-state index in [1.54, 1.807) is 23.8 Å². The van der Waals surface area contributed by atoms with Crippen molar-refractivity contribution >= 4 is 41.5 Å². The van der Waals surface area contributed by atoms with Gasteiger partial charge in [0.15, 0.2) is 6.29 Å². The number of benzene rings is 1. The summed E-state index contributed by atoms with van der Waals surface area (Å²) in [5, 5.41) is 18.2. The van der Waals surface area contributed by atoms with Crippen molar-refractivity contribution < 1.29 is 67.1 Å². The van der Waals surface area contributed by atoms with Crippen LogP contribution in [0, 0.1) is 23.7 Å². The number of aliphatic hydroxyl groups is 1. The monoisotopic (exact) mass is 1070 g/mol. The van der Waals surface area contributed by atoms with Crippen LogP contribution in [0.2, 0.25) is 0 Å². The number of ether oxygens (including phenoxy) is 6. The number of likely N-dealkylation sites (N-methyl/N-ethyl adjacent to an activating group) is 2. The minimum absolute atomic E-state index is 0.00656. The molecule has 1 aromatic carbocycles. The quantitative estimate of drug-likeness (QED) is 0.0423. The Morgan fingerprint density at radius 1 is 0.842 bits per heavy atom. The van der Waals surface area contributed by atoms with Crippen LogP contribution in [0.5, 0.6) is 0 Å². The Bertz CT molecular complexity index is 1980. The first-order valence-corrected chi connectivity index (χ1v) is 27.4. The third-order valence-electron chi connectivity index (χ3n) is 15.1. The lowest BCUT2D eigenvalue weighted by molar-refractivity contribution is -0.194. The SMILES string of the molecule is CCC(CO)OC(COC(=O)CCCC(=O)NCCCOC(=O)C1(NC(=O)[C@H](C)[C@@H](OC)[C@@H]2CCCN2C(=O)C[C@@H](OC)[C@H]([C@@H](C)CC)N(C)C(=O)[C@@H](NC(=O)[C@H](C(C)C)N(C)C)C(C)C)C[C@H]1c1ccccc1)OC. The number of nitrogens with zero attached hydrogens (tertiary/aromatic N) is 3. The van der Waals surface area contributed by atoms with Crippen LogP contribution in [-0.4, -0.2) is 191 Å². The Morgan fingerprint density at radius 2 is 1.53 bits per heavy atom. The minimum atomic E-state index is -1.35. The molecule has 0 aromatic heterocycles. The average molecular weight is 1080 g/mol. The van der Waals surface area contributed by atoms with E-state index in [4.69, 9.17) is 28.4 Å². The summed E-state index contributed by atoms with van der Waals surface area (Å²) in [6.45, 7) is 15.6. The normalized spacial score (nSPS) is 20.9. The van der Waals surface area contributed by atoms with E-state index < -0.39 is 78.1 Å². The fourth-order valence-electron chi connectivity index (χ4n) is 10.5. The molecule has 20 nitrogen and oxygen atoms in total. The van der Waals surface area contributed by atoms with Crippen LogP contribution in [0.25, 0.3) is 0 Å². The first kappa shape index (κ1) is 65.6. The molecule has 3 unspecified atom stereocenters. The van der Waals surface area contributed by atoms with E-state index in [2.05, 4.69) is 16.0 Å². The molecule has 1 aromatic rings. The summed E-state index contributed by atoms with van der Waals surface area (Å²) in [7, 11) is 9.85. The van der Waals surface area contributed by atoms with Gasteiger partial charge in [0.05, 0.1) is 62.0 Å². The van der Waals surface area contributed by atoms with E-state index in [1.807, 2.05) is 97.8 Å². The smallest absolute Gasteiger partial charge is 0.332 e. The van der Waals surface area contributed by atoms with Crippen LogP contribution >= 0.6 is 0 Å². The Hall–Kier alpha value is -4.73. The summed E-state index contributed by atoms with van der Waals surface area (Å²) >= 11 is 0. The van der Waals surface area contributed by atoms with Crippen LogP contribution in [0.1, 0.15) is 131 Å². The predicted molar refractivity (Wildman–Crippen MR) is 286 cm³/mol. The second-order valence-electron chi connectivity index (χ2n) is 21.5. The van der Waals surface area contributed by atoms with Crippen molar-refractivity contribution in [2.24, 2.45) is 23.7 Å². The summed E-state index contributed by atoms with van der Waals surface area (Å²) in [5.41, 5.74) is -0.484. The number of rotatable bonds is 35.